The first kappa shape index (κ1) is 9.69. The van der Waals surface area contributed by atoms with Crippen LogP contribution in [0.2, 0.25) is 0 Å². The van der Waals surface area contributed by atoms with E-state index in [0.717, 1.165) is 0 Å². The molecule has 0 aliphatic carbocycles. The van der Waals surface area contributed by atoms with E-state index in [1.165, 1.54) is 13.3 Å². The molecule has 0 radical (unpaired) electrons. The van der Waals surface area contributed by atoms with Crippen molar-refractivity contribution in [2.75, 3.05) is 19.0 Å². The normalized spacial score (nSPS) is 12.5. The van der Waals surface area contributed by atoms with Crippen molar-refractivity contribution >= 4 is 11.9 Å². The smallest absolute Gasteiger partial charge is 0.245 e. The molecule has 4 N–H and O–H groups in total. The second kappa shape index (κ2) is 4.58. The van der Waals surface area contributed by atoms with Crippen molar-refractivity contribution in [3.63, 3.8) is 0 Å². The number of amides is 1. The molecule has 1 aromatic heterocycles. The number of rotatable bonds is 4. The molecule has 0 aliphatic heterocycles. The Labute approximate surface area is 75.5 Å². The average Bonchev–Trinajstić information content (AvgIpc) is 2.57. The van der Waals surface area contributed by atoms with Gasteiger partial charge in [0.05, 0.1) is 6.61 Å². The lowest BCUT2D eigenvalue weighted by molar-refractivity contribution is -0.118. The van der Waals surface area contributed by atoms with Crippen molar-refractivity contribution in [2.45, 2.75) is 6.04 Å². The fourth-order valence-corrected chi connectivity index (χ4v) is 0.798. The van der Waals surface area contributed by atoms with Crippen LogP contribution in [0.3, 0.4) is 0 Å². The molecule has 0 aliphatic rings. The maximum absolute atomic E-state index is 11.2. The van der Waals surface area contributed by atoms with Gasteiger partial charge in [-0.3, -0.25) is 10.1 Å². The Morgan fingerprint density at radius 3 is 3.23 bits per heavy atom. The summed E-state index contributed by atoms with van der Waals surface area (Å²) in [5, 5.41) is 2.50. The third kappa shape index (κ3) is 2.85. The zero-order valence-electron chi connectivity index (χ0n) is 7.28. The van der Waals surface area contributed by atoms with Crippen LogP contribution in [0.1, 0.15) is 0 Å². The summed E-state index contributed by atoms with van der Waals surface area (Å²) >= 11 is 0. The molecule has 1 aromatic rings. The third-order valence-electron chi connectivity index (χ3n) is 1.42. The van der Waals surface area contributed by atoms with E-state index in [9.17, 15) is 4.79 Å². The van der Waals surface area contributed by atoms with E-state index in [-0.39, 0.29) is 12.5 Å². The highest BCUT2D eigenvalue weighted by Crippen LogP contribution is 1.95. The second-order valence-electron chi connectivity index (χ2n) is 2.49. The molecular weight excluding hydrogens is 172 g/mol. The van der Waals surface area contributed by atoms with Gasteiger partial charge in [-0.15, -0.1) is 0 Å². The standard InChI is InChI=1S/C7H12N4O2/c1-13-4-5(8)6(12)11-7-9-2-3-10-7/h2-3,5H,4,8H2,1H3,(H2,9,10,11,12). The van der Waals surface area contributed by atoms with Crippen molar-refractivity contribution in [3.05, 3.63) is 12.4 Å². The summed E-state index contributed by atoms with van der Waals surface area (Å²) in [4.78, 5) is 17.8. The Morgan fingerprint density at radius 2 is 2.69 bits per heavy atom. The Balaban J connectivity index is 2.41. The molecule has 1 amide bonds. The summed E-state index contributed by atoms with van der Waals surface area (Å²) in [5.41, 5.74) is 5.47. The van der Waals surface area contributed by atoms with E-state index in [2.05, 4.69) is 15.3 Å². The van der Waals surface area contributed by atoms with E-state index in [0.29, 0.717) is 5.95 Å². The van der Waals surface area contributed by atoms with Gasteiger partial charge in [-0.25, -0.2) is 4.98 Å². The first-order chi connectivity index (χ1) is 6.24. The molecular formula is C7H12N4O2. The number of nitrogens with one attached hydrogen (secondary N) is 2. The van der Waals surface area contributed by atoms with Gasteiger partial charge in [0.1, 0.15) is 6.04 Å². The first-order valence-corrected chi connectivity index (χ1v) is 3.79. The maximum Gasteiger partial charge on any atom is 0.245 e. The van der Waals surface area contributed by atoms with Crippen LogP contribution in [-0.4, -0.2) is 35.6 Å². The molecule has 0 spiro atoms. The number of aromatic amines is 1. The van der Waals surface area contributed by atoms with Crippen molar-refractivity contribution < 1.29 is 9.53 Å². The van der Waals surface area contributed by atoms with Crippen LogP contribution >= 0.6 is 0 Å². The van der Waals surface area contributed by atoms with Crippen LogP contribution < -0.4 is 11.1 Å². The highest BCUT2D eigenvalue weighted by Gasteiger charge is 2.13. The molecule has 6 heteroatoms. The number of nitrogens with zero attached hydrogens (tertiary/aromatic N) is 1. The maximum atomic E-state index is 11.2. The van der Waals surface area contributed by atoms with E-state index >= 15 is 0 Å². The molecule has 0 aromatic carbocycles. The van der Waals surface area contributed by atoms with Gasteiger partial charge in [-0.1, -0.05) is 0 Å². The summed E-state index contributed by atoms with van der Waals surface area (Å²) in [5.74, 6) is 0.0633. The lowest BCUT2D eigenvalue weighted by Gasteiger charge is -2.08. The Hall–Kier alpha value is -1.40. The molecule has 0 saturated carbocycles. The summed E-state index contributed by atoms with van der Waals surface area (Å²) in [7, 11) is 1.49. The van der Waals surface area contributed by atoms with Crippen molar-refractivity contribution in [3.8, 4) is 0 Å². The topological polar surface area (TPSA) is 93.0 Å². The van der Waals surface area contributed by atoms with E-state index in [1.807, 2.05) is 0 Å². The second-order valence-corrected chi connectivity index (χ2v) is 2.49. The Kier molecular flexibility index (Phi) is 3.41. The summed E-state index contributed by atoms with van der Waals surface area (Å²) in [6.07, 6.45) is 3.15. The van der Waals surface area contributed by atoms with Crippen LogP contribution in [-0.2, 0) is 9.53 Å². The Bertz CT molecular complexity index is 259. The number of imidazole rings is 1. The number of hydrogen-bond acceptors (Lipinski definition) is 4. The fraction of sp³-hybridized carbons (Fsp3) is 0.429. The molecule has 13 heavy (non-hydrogen) atoms. The van der Waals surface area contributed by atoms with Gasteiger partial charge in [0, 0.05) is 19.5 Å². The number of hydrogen-bond donors (Lipinski definition) is 3. The van der Waals surface area contributed by atoms with Gasteiger partial charge in [0.25, 0.3) is 0 Å². The molecule has 72 valence electrons. The lowest BCUT2D eigenvalue weighted by Crippen LogP contribution is -2.39. The zero-order valence-corrected chi connectivity index (χ0v) is 7.28. The van der Waals surface area contributed by atoms with Crippen molar-refractivity contribution in [1.82, 2.24) is 9.97 Å². The van der Waals surface area contributed by atoms with Gasteiger partial charge in [-0.05, 0) is 0 Å². The molecule has 0 saturated heterocycles. The van der Waals surface area contributed by atoms with Gasteiger partial charge < -0.3 is 15.5 Å². The van der Waals surface area contributed by atoms with E-state index in [4.69, 9.17) is 10.5 Å². The quantitative estimate of drug-likeness (QED) is 0.578. The number of aromatic nitrogens is 2. The van der Waals surface area contributed by atoms with Crippen LogP contribution in [0.4, 0.5) is 5.95 Å². The largest absolute Gasteiger partial charge is 0.383 e. The SMILES string of the molecule is COCC(N)C(=O)Nc1ncc[nH]1. The molecule has 1 heterocycles. The monoisotopic (exact) mass is 184 g/mol. The summed E-state index contributed by atoms with van der Waals surface area (Å²) < 4.78 is 4.73. The highest BCUT2D eigenvalue weighted by molar-refractivity contribution is 5.93. The van der Waals surface area contributed by atoms with Crippen LogP contribution in [0.15, 0.2) is 12.4 Å². The summed E-state index contributed by atoms with van der Waals surface area (Å²) in [6, 6.07) is -0.671. The number of H-pyrrole nitrogens is 1. The number of carbonyl (C=O) groups excluding carboxylic acids is 1. The van der Waals surface area contributed by atoms with Crippen molar-refractivity contribution in [2.24, 2.45) is 5.73 Å². The third-order valence-corrected chi connectivity index (χ3v) is 1.42. The molecule has 1 rings (SSSR count). The lowest BCUT2D eigenvalue weighted by atomic mass is 10.3. The van der Waals surface area contributed by atoms with Gasteiger partial charge >= 0.3 is 0 Å². The number of nitrogens with two attached hydrogens (primary N) is 1. The van der Waals surface area contributed by atoms with Crippen molar-refractivity contribution in [1.29, 1.82) is 0 Å². The predicted octanol–water partition coefficient (Wildman–Crippen LogP) is -0.678. The van der Waals surface area contributed by atoms with Crippen LogP contribution in [0.25, 0.3) is 0 Å². The molecule has 0 fully saturated rings. The van der Waals surface area contributed by atoms with E-state index < -0.39 is 6.04 Å². The van der Waals surface area contributed by atoms with Gasteiger partial charge in [0.15, 0.2) is 0 Å². The fourth-order valence-electron chi connectivity index (χ4n) is 0.798. The molecule has 1 atom stereocenters. The Morgan fingerprint density at radius 1 is 1.92 bits per heavy atom. The number of carbonyl (C=O) groups is 1. The summed E-state index contributed by atoms with van der Waals surface area (Å²) in [6.45, 7) is 0.187. The average molecular weight is 184 g/mol. The first-order valence-electron chi connectivity index (χ1n) is 3.79. The molecule has 1 unspecified atom stereocenters. The minimum Gasteiger partial charge on any atom is -0.383 e. The minimum atomic E-state index is -0.671. The van der Waals surface area contributed by atoms with Crippen LogP contribution in [0.5, 0.6) is 0 Å². The van der Waals surface area contributed by atoms with Gasteiger partial charge in [0.2, 0.25) is 11.9 Å². The number of anilines is 1. The van der Waals surface area contributed by atoms with E-state index in [1.54, 1.807) is 6.20 Å². The zero-order chi connectivity index (χ0) is 9.68. The predicted molar refractivity (Wildman–Crippen MR) is 47.1 cm³/mol. The number of methoxy groups -OCH3 is 1. The van der Waals surface area contributed by atoms with Gasteiger partial charge in [-0.2, -0.15) is 0 Å². The highest BCUT2D eigenvalue weighted by atomic mass is 16.5. The minimum absolute atomic E-state index is 0.187. The molecule has 0 bridgehead atoms. The number of ether oxygens (including phenoxy) is 1. The molecule has 6 nitrogen and oxygen atoms in total. The van der Waals surface area contributed by atoms with Crippen LogP contribution in [0, 0.1) is 0 Å².